The third-order valence-electron chi connectivity index (χ3n) is 1.47. The van der Waals surface area contributed by atoms with Crippen molar-refractivity contribution in [1.29, 1.82) is 0 Å². The van der Waals surface area contributed by atoms with E-state index in [9.17, 15) is 0 Å². The Morgan fingerprint density at radius 2 is 2.33 bits per heavy atom. The first-order valence-electron chi connectivity index (χ1n) is 4.43. The normalized spacial score (nSPS) is 10.7. The van der Waals surface area contributed by atoms with Gasteiger partial charge in [-0.2, -0.15) is 0 Å². The Morgan fingerprint density at radius 1 is 1.58 bits per heavy atom. The number of nitrogens with zero attached hydrogens (tertiary/aromatic N) is 1. The molecule has 0 unspecified atom stereocenters. The zero-order valence-corrected chi connectivity index (χ0v) is 8.74. The molecule has 1 aromatic heterocycles. The van der Waals surface area contributed by atoms with E-state index in [1.165, 1.54) is 12.1 Å². The molecule has 68 valence electrons. The molecule has 0 aromatic carbocycles. The zero-order chi connectivity index (χ0) is 8.97. The fourth-order valence-electron chi connectivity index (χ4n) is 0.991. The second kappa shape index (κ2) is 4.45. The highest BCUT2D eigenvalue weighted by Crippen LogP contribution is 2.16. The van der Waals surface area contributed by atoms with Crippen LogP contribution in [0.3, 0.4) is 0 Å². The number of hydrogen-bond donors (Lipinski definition) is 1. The van der Waals surface area contributed by atoms with Crippen molar-refractivity contribution in [2.24, 2.45) is 0 Å². The molecule has 0 fully saturated rings. The van der Waals surface area contributed by atoms with Gasteiger partial charge in [-0.25, -0.2) is 4.98 Å². The van der Waals surface area contributed by atoms with Gasteiger partial charge in [-0.15, -0.1) is 11.3 Å². The van der Waals surface area contributed by atoms with Crippen LogP contribution in [0.1, 0.15) is 32.9 Å². The summed E-state index contributed by atoms with van der Waals surface area (Å²) in [7, 11) is 0. The van der Waals surface area contributed by atoms with E-state index in [1.54, 1.807) is 11.3 Å². The Labute approximate surface area is 78.0 Å². The van der Waals surface area contributed by atoms with Gasteiger partial charge in [-0.3, -0.25) is 0 Å². The van der Waals surface area contributed by atoms with Gasteiger partial charge in [0.1, 0.15) is 0 Å². The van der Waals surface area contributed by atoms with Gasteiger partial charge in [0.05, 0.1) is 5.69 Å². The maximum absolute atomic E-state index is 4.45. The smallest absolute Gasteiger partial charge is 0.183 e. The number of rotatable bonds is 4. The van der Waals surface area contributed by atoms with E-state index in [0.717, 1.165) is 11.6 Å². The van der Waals surface area contributed by atoms with Crippen LogP contribution in [0.2, 0.25) is 0 Å². The topological polar surface area (TPSA) is 24.9 Å². The molecule has 2 nitrogen and oxygen atoms in total. The number of anilines is 1. The molecule has 0 radical (unpaired) electrons. The summed E-state index contributed by atoms with van der Waals surface area (Å²) in [6.07, 6.45) is 2.27. The Hall–Kier alpha value is -0.570. The average molecular weight is 184 g/mol. The van der Waals surface area contributed by atoms with E-state index in [1.807, 2.05) is 0 Å². The van der Waals surface area contributed by atoms with Crippen molar-refractivity contribution in [2.45, 2.75) is 39.7 Å². The van der Waals surface area contributed by atoms with Gasteiger partial charge in [0.25, 0.3) is 0 Å². The lowest BCUT2D eigenvalue weighted by atomic mass is 10.3. The van der Waals surface area contributed by atoms with Gasteiger partial charge in [0.2, 0.25) is 0 Å². The predicted octanol–water partition coefficient (Wildman–Crippen LogP) is 2.92. The first-order valence-corrected chi connectivity index (χ1v) is 5.31. The van der Waals surface area contributed by atoms with Crippen LogP contribution in [0.15, 0.2) is 5.38 Å². The molecule has 0 amide bonds. The quantitative estimate of drug-likeness (QED) is 0.778. The minimum absolute atomic E-state index is 0.477. The number of aromatic nitrogens is 1. The summed E-state index contributed by atoms with van der Waals surface area (Å²) in [6.45, 7) is 6.43. The fourth-order valence-corrected chi connectivity index (χ4v) is 1.88. The average Bonchev–Trinajstić information content (AvgIpc) is 2.36. The van der Waals surface area contributed by atoms with Crippen LogP contribution in [-0.4, -0.2) is 11.0 Å². The van der Waals surface area contributed by atoms with E-state index in [0.29, 0.717) is 6.04 Å². The molecule has 1 rings (SSSR count). The lowest BCUT2D eigenvalue weighted by molar-refractivity contribution is 0.873. The lowest BCUT2D eigenvalue weighted by Crippen LogP contribution is -2.09. The van der Waals surface area contributed by atoms with Crippen LogP contribution in [0.25, 0.3) is 0 Å². The highest BCUT2D eigenvalue weighted by molar-refractivity contribution is 7.13. The first kappa shape index (κ1) is 9.52. The predicted molar refractivity (Wildman–Crippen MR) is 54.9 cm³/mol. The minimum Gasteiger partial charge on any atom is -0.359 e. The molecular formula is C9H16N2S. The zero-order valence-electron chi connectivity index (χ0n) is 7.92. The van der Waals surface area contributed by atoms with Gasteiger partial charge in [0.15, 0.2) is 5.13 Å². The Morgan fingerprint density at radius 3 is 2.92 bits per heavy atom. The molecule has 0 aliphatic carbocycles. The standard InChI is InChI=1S/C9H16N2S/c1-4-5-8-6-12-9(11-8)10-7(2)3/h6-7H,4-5H2,1-3H3,(H,10,11). The Balaban J connectivity index is 2.52. The van der Waals surface area contributed by atoms with E-state index in [4.69, 9.17) is 0 Å². The molecule has 12 heavy (non-hydrogen) atoms. The summed E-state index contributed by atoms with van der Waals surface area (Å²) in [5.74, 6) is 0. The molecule has 0 aliphatic rings. The Kier molecular flexibility index (Phi) is 3.53. The summed E-state index contributed by atoms with van der Waals surface area (Å²) >= 11 is 1.70. The number of hydrogen-bond acceptors (Lipinski definition) is 3. The van der Waals surface area contributed by atoms with Crippen LogP contribution < -0.4 is 5.32 Å². The molecule has 1 N–H and O–H groups in total. The minimum atomic E-state index is 0.477. The molecular weight excluding hydrogens is 168 g/mol. The summed E-state index contributed by atoms with van der Waals surface area (Å²) < 4.78 is 0. The van der Waals surface area contributed by atoms with E-state index >= 15 is 0 Å². The van der Waals surface area contributed by atoms with E-state index < -0.39 is 0 Å². The summed E-state index contributed by atoms with van der Waals surface area (Å²) in [4.78, 5) is 4.45. The third-order valence-corrected chi connectivity index (χ3v) is 2.29. The van der Waals surface area contributed by atoms with Crippen molar-refractivity contribution in [1.82, 2.24) is 4.98 Å². The highest BCUT2D eigenvalue weighted by Gasteiger charge is 2.01. The second-order valence-electron chi connectivity index (χ2n) is 3.19. The molecule has 0 aliphatic heterocycles. The maximum Gasteiger partial charge on any atom is 0.183 e. The van der Waals surface area contributed by atoms with Crippen molar-refractivity contribution in [3.05, 3.63) is 11.1 Å². The fraction of sp³-hybridized carbons (Fsp3) is 0.667. The summed E-state index contributed by atoms with van der Waals surface area (Å²) in [5, 5.41) is 6.47. The van der Waals surface area contributed by atoms with E-state index in [-0.39, 0.29) is 0 Å². The van der Waals surface area contributed by atoms with Gasteiger partial charge in [-0.1, -0.05) is 13.3 Å². The largest absolute Gasteiger partial charge is 0.359 e. The molecule has 3 heteroatoms. The monoisotopic (exact) mass is 184 g/mol. The molecule has 0 saturated carbocycles. The Bertz CT molecular complexity index is 230. The SMILES string of the molecule is CCCc1csc(NC(C)C)n1. The molecule has 0 saturated heterocycles. The maximum atomic E-state index is 4.45. The third kappa shape index (κ3) is 2.81. The van der Waals surface area contributed by atoms with Crippen molar-refractivity contribution in [3.8, 4) is 0 Å². The first-order chi connectivity index (χ1) is 5.72. The number of aryl methyl sites for hydroxylation is 1. The van der Waals surface area contributed by atoms with Gasteiger partial charge in [0, 0.05) is 11.4 Å². The molecule has 1 aromatic rings. The summed E-state index contributed by atoms with van der Waals surface area (Å²) in [6, 6.07) is 0.477. The van der Waals surface area contributed by atoms with E-state index in [2.05, 4.69) is 36.5 Å². The molecule has 0 bridgehead atoms. The summed E-state index contributed by atoms with van der Waals surface area (Å²) in [5.41, 5.74) is 1.21. The van der Waals surface area contributed by atoms with Crippen LogP contribution in [0.5, 0.6) is 0 Å². The number of thiazole rings is 1. The van der Waals surface area contributed by atoms with Gasteiger partial charge >= 0.3 is 0 Å². The van der Waals surface area contributed by atoms with Crippen molar-refractivity contribution in [2.75, 3.05) is 5.32 Å². The van der Waals surface area contributed by atoms with Crippen LogP contribution in [0, 0.1) is 0 Å². The van der Waals surface area contributed by atoms with Crippen molar-refractivity contribution < 1.29 is 0 Å². The number of nitrogens with one attached hydrogen (secondary N) is 1. The van der Waals surface area contributed by atoms with Crippen LogP contribution in [-0.2, 0) is 6.42 Å². The molecule has 0 atom stereocenters. The highest BCUT2D eigenvalue weighted by atomic mass is 32.1. The lowest BCUT2D eigenvalue weighted by Gasteiger charge is -2.04. The van der Waals surface area contributed by atoms with Crippen LogP contribution >= 0.6 is 11.3 Å². The molecule has 0 spiro atoms. The van der Waals surface area contributed by atoms with Gasteiger partial charge in [-0.05, 0) is 20.3 Å². The second-order valence-corrected chi connectivity index (χ2v) is 4.05. The molecule has 1 heterocycles. The van der Waals surface area contributed by atoms with Gasteiger partial charge < -0.3 is 5.32 Å². The van der Waals surface area contributed by atoms with Crippen molar-refractivity contribution in [3.63, 3.8) is 0 Å². The van der Waals surface area contributed by atoms with Crippen LogP contribution in [0.4, 0.5) is 5.13 Å². The van der Waals surface area contributed by atoms with Crippen molar-refractivity contribution >= 4 is 16.5 Å².